The van der Waals surface area contributed by atoms with Gasteiger partial charge in [0.1, 0.15) is 59.7 Å². The minimum atomic E-state index is -2.50. The minimum absolute atomic E-state index is 0.0666. The van der Waals surface area contributed by atoms with E-state index in [9.17, 15) is 40.5 Å². The Kier molecular flexibility index (Phi) is 9.10. The molecule has 0 spiro atoms. The van der Waals surface area contributed by atoms with E-state index < -0.39 is 60.6 Å². The number of phenolic OH excluding ortho intramolecular Hbond substituents is 1. The Hall–Kier alpha value is -5.33. The van der Waals surface area contributed by atoms with Gasteiger partial charge in [-0.3, -0.25) is 10.4 Å². The second kappa shape index (κ2) is 13.3. The van der Waals surface area contributed by atoms with E-state index >= 15 is 0 Å². The van der Waals surface area contributed by atoms with Gasteiger partial charge in [-0.25, -0.2) is 9.79 Å². The van der Waals surface area contributed by atoms with Gasteiger partial charge in [-0.15, -0.1) is 0 Å². The smallest absolute Gasteiger partial charge is 0.336 e. The van der Waals surface area contributed by atoms with Gasteiger partial charge in [0.2, 0.25) is 12.0 Å². The molecule has 2 aromatic carbocycles. The zero-order chi connectivity index (χ0) is 35.0. The number of carbonyl (C=O) groups is 1. The number of ether oxygens (including phenoxy) is 5. The van der Waals surface area contributed by atoms with Gasteiger partial charge < -0.3 is 59.4 Å². The molecule has 0 saturated carbocycles. The van der Waals surface area contributed by atoms with E-state index in [0.717, 1.165) is 0 Å². The highest BCUT2D eigenvalue weighted by atomic mass is 16.7. The number of fused-ring (bicyclic) bond motifs is 1. The molecule has 9 N–H and O–H groups in total. The summed E-state index contributed by atoms with van der Waals surface area (Å²) in [6.45, 7) is -0.0159. The second-order valence-corrected chi connectivity index (χ2v) is 11.5. The van der Waals surface area contributed by atoms with Crippen molar-refractivity contribution in [2.24, 2.45) is 15.0 Å². The lowest BCUT2D eigenvalue weighted by Gasteiger charge is -2.46. The first-order valence-electron chi connectivity index (χ1n) is 14.9. The average Bonchev–Trinajstić information content (AvgIpc) is 3.75. The zero-order valence-corrected chi connectivity index (χ0v) is 25.8. The number of aliphatic carboxylic acids is 1. The fraction of sp³-hybridized carbons (Fsp3) is 0.344. The number of benzene rings is 2. The van der Waals surface area contributed by atoms with Crippen LogP contribution in [0.4, 0.5) is 0 Å². The molecule has 0 aromatic heterocycles. The lowest BCUT2D eigenvalue weighted by atomic mass is 9.80. The summed E-state index contributed by atoms with van der Waals surface area (Å²) in [7, 11) is 1.19. The van der Waals surface area contributed by atoms with E-state index in [1.54, 1.807) is 36.4 Å². The number of nitrogens with zero attached hydrogens (tertiary/aromatic N) is 3. The molecule has 0 radical (unpaired) electrons. The van der Waals surface area contributed by atoms with Crippen LogP contribution >= 0.6 is 0 Å². The van der Waals surface area contributed by atoms with Gasteiger partial charge in [-0.05, 0) is 28.8 Å². The highest BCUT2D eigenvalue weighted by Crippen LogP contribution is 2.51. The van der Waals surface area contributed by atoms with Crippen LogP contribution in [-0.4, -0.2) is 122 Å². The van der Waals surface area contributed by atoms with Gasteiger partial charge in [0.05, 0.1) is 13.7 Å². The number of methoxy groups -OCH3 is 1. The van der Waals surface area contributed by atoms with Crippen molar-refractivity contribution in [3.63, 3.8) is 0 Å². The predicted octanol–water partition coefficient (Wildman–Crippen LogP) is -1.14. The Labute approximate surface area is 277 Å². The molecule has 6 rings (SSSR count). The summed E-state index contributed by atoms with van der Waals surface area (Å²) in [5.41, 5.74) is -1.44. The Morgan fingerprint density at radius 2 is 1.94 bits per heavy atom. The number of phenols is 1. The maximum absolute atomic E-state index is 12.2. The van der Waals surface area contributed by atoms with Crippen LogP contribution in [0.3, 0.4) is 0 Å². The van der Waals surface area contributed by atoms with Crippen molar-refractivity contribution in [1.82, 2.24) is 0 Å². The molecule has 7 unspecified atom stereocenters. The molecule has 7 atom stereocenters. The van der Waals surface area contributed by atoms with Crippen molar-refractivity contribution >= 4 is 35.3 Å². The number of nitrogens with two attached hydrogens (primary N) is 1. The number of aliphatic imine (C=N–C) groups is 3. The summed E-state index contributed by atoms with van der Waals surface area (Å²) in [5.74, 6) is -2.64. The molecular formula is C32H33N4O13+. The van der Waals surface area contributed by atoms with Crippen molar-refractivity contribution < 1.29 is 69.6 Å². The van der Waals surface area contributed by atoms with Gasteiger partial charge in [0.25, 0.3) is 0 Å². The summed E-state index contributed by atoms with van der Waals surface area (Å²) in [6, 6.07) is 7.78. The molecule has 1 fully saturated rings. The van der Waals surface area contributed by atoms with Crippen molar-refractivity contribution in [1.29, 1.82) is 0 Å². The molecule has 4 aliphatic rings. The Morgan fingerprint density at radius 1 is 1.18 bits per heavy atom. The molecule has 0 aliphatic carbocycles. The molecule has 4 aliphatic heterocycles. The van der Waals surface area contributed by atoms with E-state index in [2.05, 4.69) is 15.0 Å². The van der Waals surface area contributed by atoms with Crippen LogP contribution in [0.2, 0.25) is 0 Å². The standard InChI is InChI=1S/C32H32N4O13/c1-45-27-22(48-31-26(40)28(41)32(44,29(49-31)30(42)43)10-15-11-34-13-35-15)9-21-24(25(27)39)18(37)8-20(47-21)14-2-4-16(5-3-14)46-12-19(38)17-6-7-23(33)36-17/h2-9,13,19-20,26,28-29,31,33,37-41,44H,10-12H2,1H3,(H,42,43)/p+1. The maximum Gasteiger partial charge on any atom is 0.336 e. The first-order valence-corrected chi connectivity index (χ1v) is 14.9. The van der Waals surface area contributed by atoms with Gasteiger partial charge >= 0.3 is 11.8 Å². The Bertz CT molecular complexity index is 1800. The monoisotopic (exact) mass is 681 g/mol. The average molecular weight is 682 g/mol. The molecule has 2 aromatic rings. The molecule has 17 nitrogen and oxygen atoms in total. The predicted molar refractivity (Wildman–Crippen MR) is 169 cm³/mol. The van der Waals surface area contributed by atoms with Gasteiger partial charge in [0.15, 0.2) is 29.4 Å². The summed E-state index contributed by atoms with van der Waals surface area (Å²) in [4.78, 5) is 24.0. The lowest BCUT2D eigenvalue weighted by molar-refractivity contribution is -0.303. The molecule has 0 bridgehead atoms. The first-order chi connectivity index (χ1) is 23.4. The van der Waals surface area contributed by atoms with Crippen LogP contribution in [0, 0.1) is 0 Å². The van der Waals surface area contributed by atoms with Crippen LogP contribution in [0.15, 0.2) is 63.5 Å². The van der Waals surface area contributed by atoms with Crippen molar-refractivity contribution in [2.45, 2.75) is 48.8 Å². The summed E-state index contributed by atoms with van der Waals surface area (Å²) >= 11 is 0. The third-order valence-electron chi connectivity index (χ3n) is 8.24. The van der Waals surface area contributed by atoms with Gasteiger partial charge in [-0.1, -0.05) is 12.1 Å². The number of hydrogen-bond acceptors (Lipinski definition) is 14. The van der Waals surface area contributed by atoms with Crippen LogP contribution in [0.1, 0.15) is 23.7 Å². The number of carboxylic acid groups (broad SMARTS) is 1. The van der Waals surface area contributed by atoms with E-state index in [-0.39, 0.29) is 53.3 Å². The van der Waals surface area contributed by atoms with Crippen LogP contribution in [0.5, 0.6) is 28.7 Å². The molecular weight excluding hydrogens is 648 g/mol. The minimum Gasteiger partial charge on any atom is -0.507 e. The number of carboxylic acids is 1. The Morgan fingerprint density at radius 3 is 2.57 bits per heavy atom. The van der Waals surface area contributed by atoms with Crippen molar-refractivity contribution in [3.8, 4) is 28.7 Å². The highest BCUT2D eigenvalue weighted by Gasteiger charge is 2.59. The number of aromatic hydroxyl groups is 1. The lowest BCUT2D eigenvalue weighted by Crippen LogP contribution is -2.69. The number of aliphatic hydroxyl groups excluding tert-OH is 4. The third-order valence-corrected chi connectivity index (χ3v) is 8.24. The van der Waals surface area contributed by atoms with Gasteiger partial charge in [0, 0.05) is 30.4 Å². The molecule has 17 heteroatoms. The second-order valence-electron chi connectivity index (χ2n) is 11.5. The van der Waals surface area contributed by atoms with Gasteiger partial charge in [-0.2, -0.15) is 0 Å². The largest absolute Gasteiger partial charge is 0.507 e. The number of rotatable bonds is 11. The van der Waals surface area contributed by atoms with Crippen LogP contribution in [0.25, 0.3) is 5.76 Å². The van der Waals surface area contributed by atoms with E-state index in [1.807, 2.05) is 0 Å². The fourth-order valence-electron chi connectivity index (χ4n) is 5.75. The van der Waals surface area contributed by atoms with Crippen molar-refractivity contribution in [3.05, 3.63) is 59.7 Å². The molecule has 49 heavy (non-hydrogen) atoms. The Balaban J connectivity index is 1.20. The van der Waals surface area contributed by atoms with E-state index in [4.69, 9.17) is 29.1 Å². The maximum atomic E-state index is 12.2. The quantitative estimate of drug-likeness (QED) is 0.140. The molecule has 4 heterocycles. The third kappa shape index (κ3) is 6.44. The number of aliphatic hydroxyl groups is 5. The molecule has 0 amide bonds. The molecule has 1 saturated heterocycles. The van der Waals surface area contributed by atoms with Crippen molar-refractivity contribution in [2.75, 3.05) is 20.3 Å². The topological polar surface area (TPSA) is 267 Å². The summed E-state index contributed by atoms with van der Waals surface area (Å²) < 4.78 is 28.2. The fourth-order valence-corrected chi connectivity index (χ4v) is 5.75. The number of hydrogen-bond donors (Lipinski definition) is 8. The number of amidine groups is 1. The summed E-state index contributed by atoms with van der Waals surface area (Å²) in [5, 5.41) is 80.8. The van der Waals surface area contributed by atoms with E-state index in [1.165, 1.54) is 25.6 Å². The first kappa shape index (κ1) is 33.6. The van der Waals surface area contributed by atoms with E-state index in [0.29, 0.717) is 17.0 Å². The zero-order valence-electron chi connectivity index (χ0n) is 25.8. The van der Waals surface area contributed by atoms with Crippen LogP contribution < -0.4 is 24.4 Å². The SMILES string of the molecule is COc1c(OC2OC(C(=O)O)C(O)(CC3=NC=NC3)C(O)C2O)cc2c(c1O)C(O)=CC(c1ccc(OCC(O)C3=NC(=[NH2+])C=C3)cc1)O2. The normalized spacial score (nSPS) is 27.8. The summed E-state index contributed by atoms with van der Waals surface area (Å²) in [6.07, 6.45) is -4.64. The van der Waals surface area contributed by atoms with Crippen LogP contribution in [-0.2, 0) is 9.53 Å². The molecule has 258 valence electrons. The highest BCUT2D eigenvalue weighted by molar-refractivity contribution is 6.14.